The molecule has 21 heavy (non-hydrogen) atoms. The maximum atomic E-state index is 6.14. The summed E-state index contributed by atoms with van der Waals surface area (Å²) in [6.45, 7) is 0. The summed E-state index contributed by atoms with van der Waals surface area (Å²) >= 11 is 9.54. The Kier molecular flexibility index (Phi) is 3.94. The Morgan fingerprint density at radius 1 is 1.14 bits per heavy atom. The van der Waals surface area contributed by atoms with Crippen LogP contribution < -0.4 is 5.73 Å². The van der Waals surface area contributed by atoms with Crippen molar-refractivity contribution in [3.8, 4) is 11.5 Å². The van der Waals surface area contributed by atoms with Gasteiger partial charge in [-0.2, -0.15) is 4.98 Å². The lowest BCUT2D eigenvalue weighted by atomic mass is 10.1. The van der Waals surface area contributed by atoms with E-state index in [-0.39, 0.29) is 0 Å². The predicted octanol–water partition coefficient (Wildman–Crippen LogP) is 4.33. The van der Waals surface area contributed by atoms with Gasteiger partial charge >= 0.3 is 0 Å². The third-order valence-corrected chi connectivity index (χ3v) is 3.85. The van der Waals surface area contributed by atoms with Crippen molar-refractivity contribution >= 4 is 33.2 Å². The van der Waals surface area contributed by atoms with Crippen molar-refractivity contribution in [3.05, 3.63) is 63.3 Å². The van der Waals surface area contributed by atoms with Gasteiger partial charge in [0.1, 0.15) is 0 Å². The number of hydrogen-bond acceptors (Lipinski definition) is 4. The fraction of sp³-hybridized carbons (Fsp3) is 0.0667. The van der Waals surface area contributed by atoms with Crippen molar-refractivity contribution in [2.45, 2.75) is 6.42 Å². The first-order chi connectivity index (χ1) is 10.1. The highest BCUT2D eigenvalue weighted by Crippen LogP contribution is 2.32. The number of benzene rings is 2. The molecule has 0 atom stereocenters. The molecule has 0 aliphatic carbocycles. The van der Waals surface area contributed by atoms with Gasteiger partial charge < -0.3 is 10.3 Å². The van der Waals surface area contributed by atoms with Crippen LogP contribution in [0.4, 0.5) is 5.69 Å². The summed E-state index contributed by atoms with van der Waals surface area (Å²) < 4.78 is 6.30. The van der Waals surface area contributed by atoms with Crippen molar-refractivity contribution in [1.82, 2.24) is 10.1 Å². The SMILES string of the molecule is Nc1cccc(Cl)c1-c1nc(Cc2ccc(Br)cc2)no1. The number of rotatable bonds is 3. The summed E-state index contributed by atoms with van der Waals surface area (Å²) in [5.41, 5.74) is 8.10. The number of nitrogens with two attached hydrogens (primary N) is 1. The van der Waals surface area contributed by atoms with Gasteiger partial charge in [0.05, 0.1) is 10.6 Å². The van der Waals surface area contributed by atoms with Gasteiger partial charge in [0.2, 0.25) is 0 Å². The van der Waals surface area contributed by atoms with Gasteiger partial charge in [0.25, 0.3) is 5.89 Å². The van der Waals surface area contributed by atoms with E-state index >= 15 is 0 Å². The average Bonchev–Trinajstić information content (AvgIpc) is 2.89. The van der Waals surface area contributed by atoms with E-state index in [9.17, 15) is 0 Å². The van der Waals surface area contributed by atoms with E-state index in [2.05, 4.69) is 26.1 Å². The third-order valence-electron chi connectivity index (χ3n) is 3.00. The topological polar surface area (TPSA) is 64.9 Å². The van der Waals surface area contributed by atoms with E-state index in [4.69, 9.17) is 21.9 Å². The standard InChI is InChI=1S/C15H11BrClN3O/c16-10-6-4-9(5-7-10)8-13-19-15(21-20-13)14-11(17)2-1-3-12(14)18/h1-7H,8,18H2. The van der Waals surface area contributed by atoms with Crippen LogP contribution in [0.15, 0.2) is 51.5 Å². The highest BCUT2D eigenvalue weighted by molar-refractivity contribution is 9.10. The Morgan fingerprint density at radius 2 is 1.90 bits per heavy atom. The Labute approximate surface area is 135 Å². The number of anilines is 1. The molecule has 0 amide bonds. The van der Waals surface area contributed by atoms with Crippen LogP contribution >= 0.6 is 27.5 Å². The summed E-state index contributed by atoms with van der Waals surface area (Å²) in [5.74, 6) is 0.928. The Morgan fingerprint density at radius 3 is 2.62 bits per heavy atom. The van der Waals surface area contributed by atoms with Crippen LogP contribution in [0.2, 0.25) is 5.02 Å². The number of nitrogens with zero attached hydrogens (tertiary/aromatic N) is 2. The van der Waals surface area contributed by atoms with Crippen LogP contribution in [-0.4, -0.2) is 10.1 Å². The summed E-state index contributed by atoms with van der Waals surface area (Å²) in [6.07, 6.45) is 0.584. The molecule has 2 aromatic carbocycles. The zero-order valence-corrected chi connectivity index (χ0v) is 13.2. The zero-order chi connectivity index (χ0) is 14.8. The van der Waals surface area contributed by atoms with E-state index in [0.717, 1.165) is 10.0 Å². The van der Waals surface area contributed by atoms with Crippen LogP contribution in [-0.2, 0) is 6.42 Å². The molecule has 1 aromatic heterocycles. The first-order valence-corrected chi connectivity index (χ1v) is 7.42. The molecule has 2 N–H and O–H groups in total. The van der Waals surface area contributed by atoms with Crippen LogP contribution in [0.1, 0.15) is 11.4 Å². The lowest BCUT2D eigenvalue weighted by molar-refractivity contribution is 0.424. The highest BCUT2D eigenvalue weighted by Gasteiger charge is 2.15. The molecule has 0 unspecified atom stereocenters. The molecule has 0 saturated carbocycles. The molecule has 3 rings (SSSR count). The van der Waals surface area contributed by atoms with Crippen molar-refractivity contribution < 1.29 is 4.52 Å². The largest absolute Gasteiger partial charge is 0.398 e. The predicted molar refractivity (Wildman–Crippen MR) is 86.1 cm³/mol. The molecule has 106 valence electrons. The zero-order valence-electron chi connectivity index (χ0n) is 10.9. The molecule has 0 aliphatic rings. The third kappa shape index (κ3) is 3.09. The molecule has 0 spiro atoms. The van der Waals surface area contributed by atoms with E-state index in [1.807, 2.05) is 24.3 Å². The van der Waals surface area contributed by atoms with Crippen molar-refractivity contribution in [1.29, 1.82) is 0 Å². The monoisotopic (exact) mass is 363 g/mol. The molecule has 4 nitrogen and oxygen atoms in total. The average molecular weight is 365 g/mol. The first kappa shape index (κ1) is 14.1. The second-order valence-electron chi connectivity index (χ2n) is 4.52. The second kappa shape index (κ2) is 5.87. The summed E-state index contributed by atoms with van der Waals surface area (Å²) in [4.78, 5) is 4.37. The molecule has 0 saturated heterocycles. The van der Waals surface area contributed by atoms with Crippen LogP contribution in [0.3, 0.4) is 0 Å². The number of aromatic nitrogens is 2. The molecule has 0 bridgehead atoms. The van der Waals surface area contributed by atoms with Crippen molar-refractivity contribution in [3.63, 3.8) is 0 Å². The smallest absolute Gasteiger partial charge is 0.261 e. The van der Waals surface area contributed by atoms with Gasteiger partial charge in [0.15, 0.2) is 5.82 Å². The maximum Gasteiger partial charge on any atom is 0.261 e. The fourth-order valence-corrected chi connectivity index (χ4v) is 2.51. The van der Waals surface area contributed by atoms with E-state index in [1.54, 1.807) is 18.2 Å². The summed E-state index contributed by atoms with van der Waals surface area (Å²) in [7, 11) is 0. The molecule has 6 heteroatoms. The molecule has 3 aromatic rings. The molecular formula is C15H11BrClN3O. The quantitative estimate of drug-likeness (QED) is 0.703. The maximum absolute atomic E-state index is 6.14. The first-order valence-electron chi connectivity index (χ1n) is 6.25. The van der Waals surface area contributed by atoms with Crippen LogP contribution in [0, 0.1) is 0 Å². The Balaban J connectivity index is 1.88. The lowest BCUT2D eigenvalue weighted by Gasteiger charge is -2.01. The van der Waals surface area contributed by atoms with Gasteiger partial charge in [-0.25, -0.2) is 0 Å². The fourth-order valence-electron chi connectivity index (χ4n) is 1.98. The van der Waals surface area contributed by atoms with Gasteiger partial charge in [-0.15, -0.1) is 0 Å². The minimum absolute atomic E-state index is 0.338. The van der Waals surface area contributed by atoms with Gasteiger partial charge in [-0.05, 0) is 29.8 Å². The lowest BCUT2D eigenvalue weighted by Crippen LogP contribution is -1.92. The summed E-state index contributed by atoms with van der Waals surface area (Å²) in [6, 6.07) is 13.2. The van der Waals surface area contributed by atoms with Gasteiger partial charge in [0, 0.05) is 16.6 Å². The number of halogens is 2. The highest BCUT2D eigenvalue weighted by atomic mass is 79.9. The molecular weight excluding hydrogens is 354 g/mol. The van der Waals surface area contributed by atoms with E-state index in [1.165, 1.54) is 0 Å². The van der Waals surface area contributed by atoms with E-state index in [0.29, 0.717) is 34.4 Å². The number of hydrogen-bond donors (Lipinski definition) is 1. The van der Waals surface area contributed by atoms with Crippen LogP contribution in [0.25, 0.3) is 11.5 Å². The summed E-state index contributed by atoms with van der Waals surface area (Å²) in [5, 5.41) is 4.47. The minimum Gasteiger partial charge on any atom is -0.398 e. The normalized spacial score (nSPS) is 10.8. The Bertz CT molecular complexity index is 751. The minimum atomic E-state index is 0.338. The van der Waals surface area contributed by atoms with Crippen LogP contribution in [0.5, 0.6) is 0 Å². The van der Waals surface area contributed by atoms with Gasteiger partial charge in [-0.3, -0.25) is 0 Å². The van der Waals surface area contributed by atoms with E-state index < -0.39 is 0 Å². The van der Waals surface area contributed by atoms with Crippen molar-refractivity contribution in [2.24, 2.45) is 0 Å². The Hall–Kier alpha value is -1.85. The molecule has 0 fully saturated rings. The molecule has 1 heterocycles. The number of nitrogen functional groups attached to an aromatic ring is 1. The second-order valence-corrected chi connectivity index (χ2v) is 5.85. The van der Waals surface area contributed by atoms with Crippen molar-refractivity contribution in [2.75, 3.05) is 5.73 Å². The molecule has 0 radical (unpaired) electrons. The van der Waals surface area contributed by atoms with Gasteiger partial charge in [-0.1, -0.05) is 50.9 Å². The molecule has 0 aliphatic heterocycles.